The topological polar surface area (TPSA) is 69.9 Å². The van der Waals surface area contributed by atoms with Gasteiger partial charge in [0.15, 0.2) is 5.11 Å². The van der Waals surface area contributed by atoms with E-state index in [1.165, 1.54) is 23.2 Å². The van der Waals surface area contributed by atoms with Crippen LogP contribution in [-0.4, -0.2) is 34.0 Å². The average Bonchev–Trinajstić information content (AvgIpc) is 3.00. The van der Waals surface area contributed by atoms with Gasteiger partial charge < -0.3 is 15.1 Å². The fraction of sp³-hybridized carbons (Fsp3) is 0.375. The number of aryl methyl sites for hydroxylation is 1. The largest absolute Gasteiger partial charge is 0.360 e. The molecule has 0 radical (unpaired) electrons. The molecule has 1 saturated carbocycles. The van der Waals surface area contributed by atoms with Crippen LogP contribution in [0.2, 0.25) is 0 Å². The molecule has 7 nitrogen and oxygen atoms in total. The minimum atomic E-state index is -0.874. The Hall–Kier alpha value is -3.38. The van der Waals surface area contributed by atoms with Crippen LogP contribution in [0.25, 0.3) is 4.85 Å². The van der Waals surface area contributed by atoms with Gasteiger partial charge in [-0.3, -0.25) is 14.5 Å². The van der Waals surface area contributed by atoms with E-state index < -0.39 is 17.3 Å². The van der Waals surface area contributed by atoms with Gasteiger partial charge in [0, 0.05) is 12.2 Å². The number of aromatic nitrogens is 1. The zero-order valence-electron chi connectivity index (χ0n) is 18.5. The van der Waals surface area contributed by atoms with Crippen LogP contribution in [0.1, 0.15) is 54.9 Å². The standard InChI is InChI=1S/C24H24FN5O2S/c1-4-5-11-27-21(31)18-8-7-16(13-19(18)25)30-23(33)29(22(32)24(30)9-6-10-24)17-12-15(2)20(26-3)28-14-17/h7-8,12-14H,4-6,9-11H2,1-2H3,(H,27,31). The number of nitrogens with one attached hydrogen (secondary N) is 1. The molecule has 0 unspecified atom stereocenters. The number of anilines is 2. The summed E-state index contributed by atoms with van der Waals surface area (Å²) in [6.07, 6.45) is 5.25. The highest BCUT2D eigenvalue weighted by Gasteiger charge is 2.59. The van der Waals surface area contributed by atoms with Crippen LogP contribution in [0.4, 0.5) is 21.6 Å². The van der Waals surface area contributed by atoms with E-state index in [0.29, 0.717) is 36.3 Å². The third-order valence-electron chi connectivity index (χ3n) is 6.26. The average molecular weight is 466 g/mol. The molecule has 1 aliphatic carbocycles. The number of carbonyl (C=O) groups is 2. The Labute approximate surface area is 197 Å². The molecule has 1 saturated heterocycles. The molecule has 1 aliphatic heterocycles. The summed E-state index contributed by atoms with van der Waals surface area (Å²) < 4.78 is 15.0. The number of nitrogens with zero attached hydrogens (tertiary/aromatic N) is 4. The van der Waals surface area contributed by atoms with Gasteiger partial charge in [0.2, 0.25) is 0 Å². The van der Waals surface area contributed by atoms with E-state index >= 15 is 0 Å². The van der Waals surface area contributed by atoms with Crippen LogP contribution in [0, 0.1) is 19.3 Å². The first-order valence-corrected chi connectivity index (χ1v) is 11.4. The highest BCUT2D eigenvalue weighted by molar-refractivity contribution is 7.81. The number of hydrogen-bond donors (Lipinski definition) is 1. The maximum atomic E-state index is 15.0. The molecule has 1 spiro atoms. The molecule has 2 heterocycles. The van der Waals surface area contributed by atoms with Crippen LogP contribution in [0.5, 0.6) is 0 Å². The zero-order chi connectivity index (χ0) is 23.8. The molecule has 0 bridgehead atoms. The lowest BCUT2D eigenvalue weighted by molar-refractivity contribution is -0.123. The molecular weight excluding hydrogens is 441 g/mol. The fourth-order valence-electron chi connectivity index (χ4n) is 4.30. The fourth-order valence-corrected chi connectivity index (χ4v) is 4.77. The number of halogens is 1. The van der Waals surface area contributed by atoms with Crippen molar-refractivity contribution in [2.24, 2.45) is 0 Å². The Morgan fingerprint density at radius 3 is 2.67 bits per heavy atom. The molecular formula is C24H24FN5O2S. The van der Waals surface area contributed by atoms with Gasteiger partial charge in [-0.2, -0.15) is 0 Å². The van der Waals surface area contributed by atoms with Gasteiger partial charge in [-0.15, -0.1) is 4.98 Å². The van der Waals surface area contributed by atoms with Crippen molar-refractivity contribution in [3.8, 4) is 0 Å². The van der Waals surface area contributed by atoms with E-state index in [4.69, 9.17) is 18.8 Å². The van der Waals surface area contributed by atoms with E-state index in [1.54, 1.807) is 24.0 Å². The Kier molecular flexibility index (Phi) is 6.13. The number of hydrogen-bond acceptors (Lipinski definition) is 4. The van der Waals surface area contributed by atoms with Crippen molar-refractivity contribution < 1.29 is 14.0 Å². The van der Waals surface area contributed by atoms with Gasteiger partial charge in [-0.25, -0.2) is 4.39 Å². The van der Waals surface area contributed by atoms with Crippen molar-refractivity contribution >= 4 is 46.3 Å². The number of unbranched alkanes of at least 4 members (excludes halogenated alkanes) is 1. The first kappa shape index (κ1) is 22.8. The van der Waals surface area contributed by atoms with E-state index in [9.17, 15) is 14.0 Å². The molecule has 170 valence electrons. The summed E-state index contributed by atoms with van der Waals surface area (Å²) in [5, 5.41) is 2.95. The van der Waals surface area contributed by atoms with E-state index in [0.717, 1.165) is 19.3 Å². The Bertz CT molecular complexity index is 1190. The molecule has 0 atom stereocenters. The van der Waals surface area contributed by atoms with Crippen LogP contribution in [0.15, 0.2) is 30.5 Å². The Morgan fingerprint density at radius 2 is 2.09 bits per heavy atom. The number of carbonyl (C=O) groups excluding carboxylic acids is 2. The van der Waals surface area contributed by atoms with Crippen LogP contribution in [-0.2, 0) is 4.79 Å². The third-order valence-corrected chi connectivity index (χ3v) is 6.63. The number of thiocarbonyl (C=S) groups is 1. The minimum Gasteiger partial charge on any atom is -0.360 e. The van der Waals surface area contributed by atoms with Gasteiger partial charge in [0.25, 0.3) is 17.6 Å². The van der Waals surface area contributed by atoms with Crippen molar-refractivity contribution in [3.63, 3.8) is 0 Å². The molecule has 2 aromatic rings. The highest BCUT2D eigenvalue weighted by atomic mass is 32.1. The zero-order valence-corrected chi connectivity index (χ0v) is 19.3. The van der Waals surface area contributed by atoms with Crippen LogP contribution < -0.4 is 15.1 Å². The van der Waals surface area contributed by atoms with Crippen molar-refractivity contribution in [2.75, 3.05) is 16.3 Å². The third kappa shape index (κ3) is 3.74. The monoisotopic (exact) mass is 465 g/mol. The van der Waals surface area contributed by atoms with Gasteiger partial charge >= 0.3 is 0 Å². The first-order valence-electron chi connectivity index (χ1n) is 10.9. The summed E-state index contributed by atoms with van der Waals surface area (Å²) in [5.74, 6) is -1.05. The lowest BCUT2D eigenvalue weighted by Crippen LogP contribution is -2.55. The van der Waals surface area contributed by atoms with E-state index in [2.05, 4.69) is 15.1 Å². The number of amides is 2. The van der Waals surface area contributed by atoms with Crippen molar-refractivity contribution in [2.45, 2.75) is 51.5 Å². The van der Waals surface area contributed by atoms with Crippen molar-refractivity contribution in [3.05, 3.63) is 58.8 Å². The van der Waals surface area contributed by atoms with Crippen molar-refractivity contribution in [1.29, 1.82) is 0 Å². The molecule has 1 aromatic heterocycles. The normalized spacial score (nSPS) is 16.7. The molecule has 2 aliphatic rings. The Balaban J connectivity index is 1.68. The molecule has 4 rings (SSSR count). The molecule has 33 heavy (non-hydrogen) atoms. The summed E-state index contributed by atoms with van der Waals surface area (Å²) in [4.78, 5) is 36.5. The Morgan fingerprint density at radius 1 is 1.33 bits per heavy atom. The summed E-state index contributed by atoms with van der Waals surface area (Å²) in [7, 11) is 0. The van der Waals surface area contributed by atoms with Gasteiger partial charge in [0.1, 0.15) is 17.6 Å². The molecule has 9 heteroatoms. The summed E-state index contributed by atoms with van der Waals surface area (Å²) in [6, 6.07) is 6.05. The van der Waals surface area contributed by atoms with Gasteiger partial charge in [0.05, 0.1) is 11.3 Å². The summed E-state index contributed by atoms with van der Waals surface area (Å²) >= 11 is 5.70. The minimum absolute atomic E-state index is 0.0413. The van der Waals surface area contributed by atoms with Gasteiger partial charge in [-0.1, -0.05) is 19.9 Å². The smallest absolute Gasteiger partial charge is 0.272 e. The number of rotatable bonds is 6. The predicted octanol–water partition coefficient (Wildman–Crippen LogP) is 4.67. The molecule has 2 fully saturated rings. The SMILES string of the molecule is [C-]#[N+]c1ncc(N2C(=O)C3(CCC3)N(c3ccc(C(=O)NCCCC)c(F)c3)C2=S)cc1C. The second kappa shape index (κ2) is 8.87. The highest BCUT2D eigenvalue weighted by Crippen LogP contribution is 2.48. The predicted molar refractivity (Wildman–Crippen MR) is 128 cm³/mol. The quantitative estimate of drug-likeness (QED) is 0.381. The van der Waals surface area contributed by atoms with Gasteiger partial charge in [-0.05, 0) is 74.7 Å². The maximum absolute atomic E-state index is 15.0. The van der Waals surface area contributed by atoms with E-state index in [-0.39, 0.29) is 22.4 Å². The van der Waals surface area contributed by atoms with E-state index in [1.807, 2.05) is 6.92 Å². The maximum Gasteiger partial charge on any atom is 0.272 e. The second-order valence-corrected chi connectivity index (χ2v) is 8.73. The second-order valence-electron chi connectivity index (χ2n) is 8.36. The first-order chi connectivity index (χ1) is 15.8. The lowest BCUT2D eigenvalue weighted by atomic mass is 9.75. The number of benzene rings is 1. The lowest BCUT2D eigenvalue weighted by Gasteiger charge is -2.43. The van der Waals surface area contributed by atoms with Crippen LogP contribution >= 0.6 is 12.2 Å². The summed E-state index contributed by atoms with van der Waals surface area (Å²) in [5.41, 5.74) is 0.640. The van der Waals surface area contributed by atoms with Crippen LogP contribution in [0.3, 0.4) is 0 Å². The molecule has 1 aromatic carbocycles. The molecule has 1 N–H and O–H groups in total. The number of pyridine rings is 1. The van der Waals surface area contributed by atoms with Crippen molar-refractivity contribution in [1.82, 2.24) is 10.3 Å². The molecule has 2 amide bonds. The summed E-state index contributed by atoms with van der Waals surface area (Å²) in [6.45, 7) is 11.4.